The summed E-state index contributed by atoms with van der Waals surface area (Å²) in [6, 6.07) is 0. The van der Waals surface area contributed by atoms with E-state index in [1.807, 2.05) is 0 Å². The Labute approximate surface area is 106 Å². The summed E-state index contributed by atoms with van der Waals surface area (Å²) >= 11 is 5.20. The van der Waals surface area contributed by atoms with Gasteiger partial charge < -0.3 is 4.74 Å². The van der Waals surface area contributed by atoms with E-state index in [0.29, 0.717) is 0 Å². The summed E-state index contributed by atoms with van der Waals surface area (Å²) in [6.07, 6.45) is 15.9. The molecule has 0 aromatic carbocycles. The first-order chi connectivity index (χ1) is 7.89. The van der Waals surface area contributed by atoms with Crippen LogP contribution in [0.5, 0.6) is 0 Å². The van der Waals surface area contributed by atoms with E-state index in [9.17, 15) is 0 Å². The van der Waals surface area contributed by atoms with Crippen molar-refractivity contribution in [3.63, 3.8) is 0 Å². The fourth-order valence-corrected chi connectivity index (χ4v) is 2.45. The van der Waals surface area contributed by atoms with Gasteiger partial charge in [-0.25, -0.2) is 0 Å². The van der Waals surface area contributed by atoms with Crippen molar-refractivity contribution in [3.8, 4) is 0 Å². The average Bonchev–Trinajstić information content (AvgIpc) is 2.29. The molecular formula is C14H26OS. The number of hydrogen-bond donors (Lipinski definition) is 0. The fourth-order valence-electron chi connectivity index (χ4n) is 2.22. The van der Waals surface area contributed by atoms with Gasteiger partial charge >= 0.3 is 0 Å². The Balaban J connectivity index is 2.13. The number of ether oxygens (including phenoxy) is 1. The highest BCUT2D eigenvalue weighted by molar-refractivity contribution is 7.80. The third-order valence-corrected chi connectivity index (χ3v) is 3.61. The highest BCUT2D eigenvalue weighted by Gasteiger charge is 2.00. The molecule has 1 nitrogen and oxygen atoms in total. The Morgan fingerprint density at radius 3 is 1.62 bits per heavy atom. The van der Waals surface area contributed by atoms with Crippen molar-refractivity contribution in [1.82, 2.24) is 0 Å². The van der Waals surface area contributed by atoms with Gasteiger partial charge in [-0.2, -0.15) is 0 Å². The van der Waals surface area contributed by atoms with E-state index < -0.39 is 0 Å². The van der Waals surface area contributed by atoms with Crippen molar-refractivity contribution in [3.05, 3.63) is 0 Å². The van der Waals surface area contributed by atoms with E-state index >= 15 is 0 Å². The Kier molecular flexibility index (Phi) is 8.78. The normalized spacial score (nSPS) is 22.9. The van der Waals surface area contributed by atoms with E-state index in [1.54, 1.807) is 0 Å². The lowest BCUT2D eigenvalue weighted by Gasteiger charge is -2.06. The standard InChI is InChI=1S/C14H26OS/c16-14-12-10-8-6-4-2-1-3-5-7-9-11-13-15-14/h1-13H2. The second kappa shape index (κ2) is 10.1. The van der Waals surface area contributed by atoms with Gasteiger partial charge in [-0.15, -0.1) is 0 Å². The van der Waals surface area contributed by atoms with Crippen molar-refractivity contribution in [1.29, 1.82) is 0 Å². The molecule has 1 saturated heterocycles. The SMILES string of the molecule is S=C1CCCCCCCCCCCCCO1. The van der Waals surface area contributed by atoms with Crippen molar-refractivity contribution < 1.29 is 4.74 Å². The molecule has 0 spiro atoms. The van der Waals surface area contributed by atoms with Crippen LogP contribution in [0.2, 0.25) is 0 Å². The number of thiocarbonyl (C=S) groups is 1. The van der Waals surface area contributed by atoms with Gasteiger partial charge in [0.2, 0.25) is 0 Å². The lowest BCUT2D eigenvalue weighted by molar-refractivity contribution is 0.291. The van der Waals surface area contributed by atoms with Crippen LogP contribution in [-0.2, 0) is 4.74 Å². The van der Waals surface area contributed by atoms with Gasteiger partial charge in [0.15, 0.2) is 5.05 Å². The molecule has 0 saturated carbocycles. The van der Waals surface area contributed by atoms with E-state index in [-0.39, 0.29) is 0 Å². The van der Waals surface area contributed by atoms with Crippen LogP contribution < -0.4 is 0 Å². The summed E-state index contributed by atoms with van der Waals surface area (Å²) < 4.78 is 5.55. The van der Waals surface area contributed by atoms with Crippen LogP contribution in [0.4, 0.5) is 0 Å². The van der Waals surface area contributed by atoms with Gasteiger partial charge in [-0.3, -0.25) is 0 Å². The lowest BCUT2D eigenvalue weighted by atomic mass is 10.1. The minimum Gasteiger partial charge on any atom is -0.487 e. The van der Waals surface area contributed by atoms with Crippen molar-refractivity contribution in [2.75, 3.05) is 6.61 Å². The highest BCUT2D eigenvalue weighted by Crippen LogP contribution is 2.13. The maximum Gasteiger partial charge on any atom is 0.159 e. The molecule has 2 heteroatoms. The summed E-state index contributed by atoms with van der Waals surface area (Å²) in [5, 5.41) is 0.842. The lowest BCUT2D eigenvalue weighted by Crippen LogP contribution is -2.03. The highest BCUT2D eigenvalue weighted by atomic mass is 32.1. The average molecular weight is 242 g/mol. The number of rotatable bonds is 0. The monoisotopic (exact) mass is 242 g/mol. The summed E-state index contributed by atoms with van der Waals surface area (Å²) in [5.41, 5.74) is 0. The molecule has 0 amide bonds. The van der Waals surface area contributed by atoms with Gasteiger partial charge in [0.05, 0.1) is 6.61 Å². The summed E-state index contributed by atoms with van der Waals surface area (Å²) in [7, 11) is 0. The topological polar surface area (TPSA) is 9.23 Å². The first kappa shape index (κ1) is 14.0. The molecule has 1 aliphatic rings. The molecule has 0 bridgehead atoms. The molecule has 0 radical (unpaired) electrons. The van der Waals surface area contributed by atoms with E-state index in [0.717, 1.165) is 18.1 Å². The minimum absolute atomic E-state index is 0.842. The first-order valence-electron chi connectivity index (χ1n) is 7.05. The fraction of sp³-hybridized carbons (Fsp3) is 0.929. The summed E-state index contributed by atoms with van der Waals surface area (Å²) in [4.78, 5) is 0. The Morgan fingerprint density at radius 2 is 1.06 bits per heavy atom. The Hall–Kier alpha value is -0.110. The first-order valence-corrected chi connectivity index (χ1v) is 7.46. The van der Waals surface area contributed by atoms with E-state index in [4.69, 9.17) is 17.0 Å². The predicted octanol–water partition coefficient (Wildman–Crippen LogP) is 5.03. The molecule has 1 rings (SSSR count). The summed E-state index contributed by atoms with van der Waals surface area (Å²) in [5.74, 6) is 0. The molecular weight excluding hydrogens is 216 g/mol. The zero-order chi connectivity index (χ0) is 11.5. The Bertz CT molecular complexity index is 162. The zero-order valence-corrected chi connectivity index (χ0v) is 11.3. The molecule has 0 unspecified atom stereocenters. The van der Waals surface area contributed by atoms with Gasteiger partial charge in [0, 0.05) is 6.42 Å². The van der Waals surface area contributed by atoms with Gasteiger partial charge in [0.1, 0.15) is 0 Å². The van der Waals surface area contributed by atoms with Crippen LogP contribution in [0.15, 0.2) is 0 Å². The van der Waals surface area contributed by atoms with Gasteiger partial charge in [0.25, 0.3) is 0 Å². The number of hydrogen-bond acceptors (Lipinski definition) is 2. The summed E-state index contributed by atoms with van der Waals surface area (Å²) in [6.45, 7) is 0.846. The van der Waals surface area contributed by atoms with Crippen LogP contribution in [-0.4, -0.2) is 11.7 Å². The van der Waals surface area contributed by atoms with Crippen LogP contribution in [0.3, 0.4) is 0 Å². The van der Waals surface area contributed by atoms with Gasteiger partial charge in [-0.05, 0) is 25.1 Å². The predicted molar refractivity (Wildman–Crippen MR) is 74.0 cm³/mol. The molecule has 94 valence electrons. The smallest absolute Gasteiger partial charge is 0.159 e. The van der Waals surface area contributed by atoms with E-state index in [1.165, 1.54) is 70.6 Å². The third-order valence-electron chi connectivity index (χ3n) is 3.29. The van der Waals surface area contributed by atoms with Crippen LogP contribution in [0.1, 0.15) is 77.0 Å². The molecule has 0 atom stereocenters. The molecule has 1 heterocycles. The van der Waals surface area contributed by atoms with Crippen LogP contribution >= 0.6 is 12.2 Å². The molecule has 0 aromatic heterocycles. The van der Waals surface area contributed by atoms with Crippen molar-refractivity contribution in [2.45, 2.75) is 77.0 Å². The maximum absolute atomic E-state index is 5.55. The molecule has 0 N–H and O–H groups in total. The Morgan fingerprint density at radius 1 is 0.625 bits per heavy atom. The third kappa shape index (κ3) is 8.09. The van der Waals surface area contributed by atoms with Crippen LogP contribution in [0, 0.1) is 0 Å². The second-order valence-corrected chi connectivity index (χ2v) is 5.31. The second-order valence-electron chi connectivity index (χ2n) is 4.86. The van der Waals surface area contributed by atoms with Crippen LogP contribution in [0.25, 0.3) is 0 Å². The van der Waals surface area contributed by atoms with Crippen molar-refractivity contribution >= 4 is 17.3 Å². The van der Waals surface area contributed by atoms with Gasteiger partial charge in [-0.1, -0.05) is 57.8 Å². The zero-order valence-electron chi connectivity index (χ0n) is 10.5. The largest absolute Gasteiger partial charge is 0.487 e. The molecule has 1 aliphatic heterocycles. The maximum atomic E-state index is 5.55. The van der Waals surface area contributed by atoms with E-state index in [2.05, 4.69) is 0 Å². The molecule has 1 fully saturated rings. The quantitative estimate of drug-likeness (QED) is 0.551. The molecule has 0 aromatic rings. The minimum atomic E-state index is 0.842. The molecule has 16 heavy (non-hydrogen) atoms. The molecule has 0 aliphatic carbocycles. The van der Waals surface area contributed by atoms with Crippen molar-refractivity contribution in [2.24, 2.45) is 0 Å².